The quantitative estimate of drug-likeness (QED) is 0.805. The Kier molecular flexibility index (Phi) is 5.69. The topological polar surface area (TPSA) is 91.0 Å². The van der Waals surface area contributed by atoms with Crippen molar-refractivity contribution in [2.45, 2.75) is 63.5 Å². The molecule has 2 amide bonds. The second kappa shape index (κ2) is 8.54. The summed E-state index contributed by atoms with van der Waals surface area (Å²) < 4.78 is 0. The monoisotopic (exact) mass is 381 g/mol. The molecule has 2 N–H and O–H groups in total. The SMILES string of the molecule is O=C1CC[C@@H](CN(Cc2ccccn2)C(=O)c2cn[nH]c2C2CCCCC2)N1. The van der Waals surface area contributed by atoms with E-state index >= 15 is 0 Å². The van der Waals surface area contributed by atoms with Crippen LogP contribution in [0.2, 0.25) is 0 Å². The number of carbonyl (C=O) groups excluding carboxylic acids is 2. The minimum atomic E-state index is -0.0406. The maximum Gasteiger partial charge on any atom is 0.257 e. The Labute approximate surface area is 164 Å². The van der Waals surface area contributed by atoms with Crippen LogP contribution in [-0.2, 0) is 11.3 Å². The largest absolute Gasteiger partial charge is 0.352 e. The van der Waals surface area contributed by atoms with E-state index < -0.39 is 0 Å². The number of nitrogens with one attached hydrogen (secondary N) is 2. The molecule has 2 fully saturated rings. The number of rotatable bonds is 6. The van der Waals surface area contributed by atoms with Crippen LogP contribution >= 0.6 is 0 Å². The Morgan fingerprint density at radius 2 is 2.04 bits per heavy atom. The molecular weight excluding hydrogens is 354 g/mol. The molecule has 1 aliphatic heterocycles. The fourth-order valence-electron chi connectivity index (χ4n) is 4.33. The molecule has 7 nitrogen and oxygen atoms in total. The predicted octanol–water partition coefficient (Wildman–Crippen LogP) is 2.77. The van der Waals surface area contributed by atoms with Gasteiger partial charge in [0, 0.05) is 31.1 Å². The van der Waals surface area contributed by atoms with Gasteiger partial charge in [0.05, 0.1) is 29.7 Å². The van der Waals surface area contributed by atoms with Crippen molar-refractivity contribution >= 4 is 11.8 Å². The Hall–Kier alpha value is -2.70. The van der Waals surface area contributed by atoms with Crippen LogP contribution in [0.25, 0.3) is 0 Å². The van der Waals surface area contributed by atoms with Crippen molar-refractivity contribution in [2.24, 2.45) is 0 Å². The maximum absolute atomic E-state index is 13.5. The van der Waals surface area contributed by atoms with Gasteiger partial charge in [-0.15, -0.1) is 0 Å². The summed E-state index contributed by atoms with van der Waals surface area (Å²) in [6.07, 6.45) is 10.5. The summed E-state index contributed by atoms with van der Waals surface area (Å²) in [5.41, 5.74) is 2.46. The fraction of sp³-hybridized carbons (Fsp3) is 0.524. The Balaban J connectivity index is 1.55. The van der Waals surface area contributed by atoms with E-state index in [2.05, 4.69) is 20.5 Å². The zero-order valence-electron chi connectivity index (χ0n) is 16.1. The molecule has 1 saturated heterocycles. The van der Waals surface area contributed by atoms with Crippen molar-refractivity contribution in [1.82, 2.24) is 25.4 Å². The van der Waals surface area contributed by atoms with Crippen LogP contribution in [0.4, 0.5) is 0 Å². The van der Waals surface area contributed by atoms with Gasteiger partial charge in [-0.05, 0) is 31.4 Å². The Morgan fingerprint density at radius 1 is 1.18 bits per heavy atom. The first-order valence-corrected chi connectivity index (χ1v) is 10.2. The first-order valence-electron chi connectivity index (χ1n) is 10.2. The third-order valence-electron chi connectivity index (χ3n) is 5.80. The lowest BCUT2D eigenvalue weighted by atomic mass is 9.85. The van der Waals surface area contributed by atoms with E-state index in [-0.39, 0.29) is 17.9 Å². The standard InChI is InChI=1S/C21H27N5O2/c27-19-10-9-17(24-19)14-26(13-16-8-4-5-11-22-16)21(28)18-12-23-25-20(18)15-6-2-1-3-7-15/h4-5,8,11-12,15,17H,1-3,6-7,9-10,13-14H2,(H,23,25)(H,24,27)/t17-/m0/s1. The molecule has 7 heteroatoms. The number of H-pyrrole nitrogens is 1. The normalized spacial score (nSPS) is 20.1. The van der Waals surface area contributed by atoms with E-state index in [9.17, 15) is 9.59 Å². The molecule has 0 bridgehead atoms. The second-order valence-corrected chi connectivity index (χ2v) is 7.84. The smallest absolute Gasteiger partial charge is 0.257 e. The number of aromatic nitrogens is 3. The lowest BCUT2D eigenvalue weighted by molar-refractivity contribution is -0.119. The van der Waals surface area contributed by atoms with Gasteiger partial charge in [0.25, 0.3) is 5.91 Å². The van der Waals surface area contributed by atoms with Crippen LogP contribution in [0.1, 0.15) is 72.6 Å². The number of nitrogens with zero attached hydrogens (tertiary/aromatic N) is 3. The highest BCUT2D eigenvalue weighted by molar-refractivity contribution is 5.95. The maximum atomic E-state index is 13.5. The van der Waals surface area contributed by atoms with E-state index in [4.69, 9.17) is 0 Å². The van der Waals surface area contributed by atoms with E-state index in [1.807, 2.05) is 18.2 Å². The van der Waals surface area contributed by atoms with Crippen LogP contribution in [0, 0.1) is 0 Å². The summed E-state index contributed by atoms with van der Waals surface area (Å²) in [7, 11) is 0. The summed E-state index contributed by atoms with van der Waals surface area (Å²) in [6.45, 7) is 0.901. The van der Waals surface area contributed by atoms with Crippen molar-refractivity contribution in [2.75, 3.05) is 6.54 Å². The first-order chi connectivity index (χ1) is 13.7. The number of aromatic amines is 1. The predicted molar refractivity (Wildman–Crippen MR) is 105 cm³/mol. The molecule has 28 heavy (non-hydrogen) atoms. The van der Waals surface area contributed by atoms with E-state index in [0.29, 0.717) is 31.0 Å². The Morgan fingerprint density at radius 3 is 2.75 bits per heavy atom. The van der Waals surface area contributed by atoms with Crippen molar-refractivity contribution in [3.8, 4) is 0 Å². The minimum absolute atomic E-state index is 0.00908. The van der Waals surface area contributed by atoms with Crippen LogP contribution in [0.3, 0.4) is 0 Å². The highest BCUT2D eigenvalue weighted by Gasteiger charge is 2.30. The van der Waals surface area contributed by atoms with E-state index in [1.54, 1.807) is 17.3 Å². The van der Waals surface area contributed by atoms with Crippen LogP contribution < -0.4 is 5.32 Å². The van der Waals surface area contributed by atoms with Gasteiger partial charge >= 0.3 is 0 Å². The molecule has 0 aromatic carbocycles. The number of hydrogen-bond acceptors (Lipinski definition) is 4. The number of amides is 2. The molecule has 1 aliphatic carbocycles. The molecule has 148 valence electrons. The lowest BCUT2D eigenvalue weighted by Crippen LogP contribution is -2.42. The summed E-state index contributed by atoms with van der Waals surface area (Å²) in [5.74, 6) is 0.389. The van der Waals surface area contributed by atoms with Crippen LogP contribution in [-0.4, -0.2) is 44.5 Å². The van der Waals surface area contributed by atoms with Gasteiger partial charge in [0.1, 0.15) is 0 Å². The lowest BCUT2D eigenvalue weighted by Gasteiger charge is -2.27. The van der Waals surface area contributed by atoms with Gasteiger partial charge in [-0.1, -0.05) is 25.3 Å². The fourth-order valence-corrected chi connectivity index (χ4v) is 4.33. The Bertz CT molecular complexity index is 813. The molecule has 1 saturated carbocycles. The molecule has 0 unspecified atom stereocenters. The molecule has 2 aromatic heterocycles. The van der Waals surface area contributed by atoms with Gasteiger partial charge in [-0.25, -0.2) is 0 Å². The van der Waals surface area contributed by atoms with Crippen molar-refractivity contribution in [3.05, 3.63) is 47.5 Å². The van der Waals surface area contributed by atoms with Crippen molar-refractivity contribution in [1.29, 1.82) is 0 Å². The zero-order valence-corrected chi connectivity index (χ0v) is 16.1. The zero-order chi connectivity index (χ0) is 19.3. The first kappa shape index (κ1) is 18.7. The molecule has 2 aromatic rings. The number of carbonyl (C=O) groups is 2. The van der Waals surface area contributed by atoms with Gasteiger partial charge in [0.15, 0.2) is 0 Å². The van der Waals surface area contributed by atoms with Gasteiger partial charge < -0.3 is 10.2 Å². The van der Waals surface area contributed by atoms with Crippen molar-refractivity contribution in [3.63, 3.8) is 0 Å². The minimum Gasteiger partial charge on any atom is -0.352 e. The van der Waals surface area contributed by atoms with E-state index in [1.165, 1.54) is 19.3 Å². The van der Waals surface area contributed by atoms with Gasteiger partial charge in [-0.3, -0.25) is 19.7 Å². The molecule has 3 heterocycles. The van der Waals surface area contributed by atoms with Gasteiger partial charge in [-0.2, -0.15) is 5.10 Å². The number of pyridine rings is 1. The molecule has 1 atom stereocenters. The summed E-state index contributed by atoms with van der Waals surface area (Å²) in [5, 5.41) is 10.3. The molecule has 4 rings (SSSR count). The van der Waals surface area contributed by atoms with Crippen molar-refractivity contribution < 1.29 is 9.59 Å². The molecule has 0 spiro atoms. The average molecular weight is 381 g/mol. The number of hydrogen-bond donors (Lipinski definition) is 2. The molecular formula is C21H27N5O2. The van der Waals surface area contributed by atoms with Crippen LogP contribution in [0.5, 0.6) is 0 Å². The van der Waals surface area contributed by atoms with E-state index in [0.717, 1.165) is 30.7 Å². The summed E-state index contributed by atoms with van der Waals surface area (Å²) in [4.78, 5) is 31.3. The highest BCUT2D eigenvalue weighted by atomic mass is 16.2. The average Bonchev–Trinajstić information content (AvgIpc) is 3.37. The van der Waals surface area contributed by atoms with Crippen LogP contribution in [0.15, 0.2) is 30.6 Å². The second-order valence-electron chi connectivity index (χ2n) is 7.84. The summed E-state index contributed by atoms with van der Waals surface area (Å²) >= 11 is 0. The highest BCUT2D eigenvalue weighted by Crippen LogP contribution is 2.33. The third-order valence-corrected chi connectivity index (χ3v) is 5.80. The third kappa shape index (κ3) is 4.24. The summed E-state index contributed by atoms with van der Waals surface area (Å²) in [6, 6.07) is 5.70. The van der Waals surface area contributed by atoms with Gasteiger partial charge in [0.2, 0.25) is 5.91 Å². The molecule has 2 aliphatic rings. The molecule has 0 radical (unpaired) electrons.